The number of rotatable bonds is 4. The van der Waals surface area contributed by atoms with E-state index in [1.165, 1.54) is 0 Å². The Balaban J connectivity index is 2.59. The van der Waals surface area contributed by atoms with Crippen molar-refractivity contribution >= 4 is 10.8 Å². The molecule has 0 spiro atoms. The molecule has 1 rings (SSSR count). The lowest BCUT2D eigenvalue weighted by molar-refractivity contribution is 0.480. The van der Waals surface area contributed by atoms with Gasteiger partial charge in [0.25, 0.3) is 0 Å². The van der Waals surface area contributed by atoms with E-state index in [0.29, 0.717) is 12.3 Å². The molecule has 0 saturated carbocycles. The minimum absolute atomic E-state index is 0.173. The first-order chi connectivity index (χ1) is 6.13. The van der Waals surface area contributed by atoms with Crippen LogP contribution in [0.15, 0.2) is 16.5 Å². The monoisotopic (exact) mass is 201 g/mol. The van der Waals surface area contributed by atoms with Crippen LogP contribution < -0.4 is 5.73 Å². The van der Waals surface area contributed by atoms with Crippen LogP contribution >= 0.6 is 0 Å². The average Bonchev–Trinajstić information content (AvgIpc) is 2.52. The Kier molecular flexibility index (Phi) is 3.69. The Morgan fingerprint density at radius 1 is 1.46 bits per heavy atom. The van der Waals surface area contributed by atoms with Gasteiger partial charge in [-0.25, -0.2) is 0 Å². The molecule has 1 atom stereocenters. The molecule has 1 unspecified atom stereocenters. The van der Waals surface area contributed by atoms with Gasteiger partial charge in [-0.1, -0.05) is 13.8 Å². The third-order valence-corrected chi connectivity index (χ3v) is 3.35. The fraction of sp³-hybridized carbons (Fsp3) is 0.556. The molecule has 13 heavy (non-hydrogen) atoms. The summed E-state index contributed by atoms with van der Waals surface area (Å²) in [4.78, 5) is 0. The van der Waals surface area contributed by atoms with Gasteiger partial charge in [-0.2, -0.15) is 0 Å². The Hall–Kier alpha value is -0.610. The fourth-order valence-electron chi connectivity index (χ4n) is 0.916. The van der Waals surface area contributed by atoms with E-state index in [-0.39, 0.29) is 5.25 Å². The van der Waals surface area contributed by atoms with E-state index in [0.717, 1.165) is 11.5 Å². The zero-order chi connectivity index (χ0) is 9.84. The fourth-order valence-corrected chi connectivity index (χ4v) is 1.69. The van der Waals surface area contributed by atoms with E-state index in [9.17, 15) is 4.21 Å². The molecule has 1 heterocycles. The van der Waals surface area contributed by atoms with Crippen LogP contribution in [0.25, 0.3) is 0 Å². The molecule has 0 saturated heterocycles. The summed E-state index contributed by atoms with van der Waals surface area (Å²) in [6, 6.07) is 3.66. The maximum atomic E-state index is 11.4. The summed E-state index contributed by atoms with van der Waals surface area (Å²) in [7, 11) is -0.846. The minimum atomic E-state index is -0.846. The largest absolute Gasteiger partial charge is 0.464 e. The lowest BCUT2D eigenvalue weighted by Gasteiger charge is -2.02. The predicted octanol–water partition coefficient (Wildman–Crippen LogP) is 1.40. The van der Waals surface area contributed by atoms with Gasteiger partial charge >= 0.3 is 0 Å². The van der Waals surface area contributed by atoms with Crippen LogP contribution in [0.1, 0.15) is 25.4 Å². The number of furan rings is 1. The van der Waals surface area contributed by atoms with Crippen LogP contribution in [0.2, 0.25) is 0 Å². The first kappa shape index (κ1) is 10.5. The molecular weight excluding hydrogens is 186 g/mol. The molecule has 0 aromatic carbocycles. The van der Waals surface area contributed by atoms with Crippen molar-refractivity contribution in [3.05, 3.63) is 23.7 Å². The number of hydrogen-bond acceptors (Lipinski definition) is 3. The van der Waals surface area contributed by atoms with Crippen LogP contribution in [-0.2, 0) is 23.1 Å². The summed E-state index contributed by atoms with van der Waals surface area (Å²) < 4.78 is 16.8. The van der Waals surface area contributed by atoms with Gasteiger partial charge in [-0.15, -0.1) is 0 Å². The van der Waals surface area contributed by atoms with Crippen LogP contribution in [0, 0.1) is 0 Å². The third kappa shape index (κ3) is 2.97. The zero-order valence-electron chi connectivity index (χ0n) is 7.95. The predicted molar refractivity (Wildman–Crippen MR) is 53.6 cm³/mol. The molecular formula is C9H15NO2S. The molecule has 4 heteroatoms. The van der Waals surface area contributed by atoms with Gasteiger partial charge in [0, 0.05) is 16.0 Å². The highest BCUT2D eigenvalue weighted by Crippen LogP contribution is 2.11. The van der Waals surface area contributed by atoms with Crippen molar-refractivity contribution < 1.29 is 8.63 Å². The van der Waals surface area contributed by atoms with Gasteiger partial charge in [0.1, 0.15) is 11.5 Å². The summed E-state index contributed by atoms with van der Waals surface area (Å²) in [5, 5.41) is 0.173. The van der Waals surface area contributed by atoms with Gasteiger partial charge in [0.15, 0.2) is 0 Å². The molecule has 74 valence electrons. The maximum Gasteiger partial charge on any atom is 0.117 e. The van der Waals surface area contributed by atoms with E-state index in [1.54, 1.807) is 0 Å². The highest BCUT2D eigenvalue weighted by molar-refractivity contribution is 7.84. The standard InChI is InChI=1S/C9H15NO2S/c1-7(2)13(11)6-9-4-3-8(5-10)12-9/h3-4,7H,5-6,10H2,1-2H3. The zero-order valence-corrected chi connectivity index (χ0v) is 8.76. The van der Waals surface area contributed by atoms with Crippen LogP contribution in [0.3, 0.4) is 0 Å². The Morgan fingerprint density at radius 2 is 2.08 bits per heavy atom. The first-order valence-electron chi connectivity index (χ1n) is 4.28. The van der Waals surface area contributed by atoms with E-state index in [1.807, 2.05) is 26.0 Å². The SMILES string of the molecule is CC(C)S(=O)Cc1ccc(CN)o1. The Labute approximate surface area is 80.8 Å². The van der Waals surface area contributed by atoms with Crippen molar-refractivity contribution in [1.29, 1.82) is 0 Å². The molecule has 0 radical (unpaired) electrons. The molecule has 0 aliphatic heterocycles. The summed E-state index contributed by atoms with van der Waals surface area (Å²) in [6.45, 7) is 4.26. The molecule has 0 aliphatic carbocycles. The Bertz CT molecular complexity index is 294. The summed E-state index contributed by atoms with van der Waals surface area (Å²) in [6.07, 6.45) is 0. The number of hydrogen-bond donors (Lipinski definition) is 1. The van der Waals surface area contributed by atoms with Crippen molar-refractivity contribution in [2.24, 2.45) is 5.73 Å². The van der Waals surface area contributed by atoms with Crippen molar-refractivity contribution in [3.8, 4) is 0 Å². The smallest absolute Gasteiger partial charge is 0.117 e. The van der Waals surface area contributed by atoms with E-state index in [4.69, 9.17) is 10.2 Å². The lowest BCUT2D eigenvalue weighted by Crippen LogP contribution is -2.07. The van der Waals surface area contributed by atoms with Gasteiger partial charge < -0.3 is 10.2 Å². The van der Waals surface area contributed by atoms with Gasteiger partial charge in [0.05, 0.1) is 12.3 Å². The maximum absolute atomic E-state index is 11.4. The first-order valence-corrected chi connectivity index (χ1v) is 5.66. The van der Waals surface area contributed by atoms with E-state index < -0.39 is 10.8 Å². The minimum Gasteiger partial charge on any atom is -0.464 e. The van der Waals surface area contributed by atoms with Crippen LogP contribution in [0.5, 0.6) is 0 Å². The molecule has 3 nitrogen and oxygen atoms in total. The molecule has 0 fully saturated rings. The average molecular weight is 201 g/mol. The summed E-state index contributed by atoms with van der Waals surface area (Å²) >= 11 is 0. The normalized spacial score (nSPS) is 13.5. The third-order valence-electron chi connectivity index (χ3n) is 1.73. The highest BCUT2D eigenvalue weighted by Gasteiger charge is 2.08. The molecule has 0 amide bonds. The van der Waals surface area contributed by atoms with Gasteiger partial charge in [0.2, 0.25) is 0 Å². The Morgan fingerprint density at radius 3 is 2.54 bits per heavy atom. The lowest BCUT2D eigenvalue weighted by atomic mass is 10.4. The van der Waals surface area contributed by atoms with E-state index in [2.05, 4.69) is 0 Å². The van der Waals surface area contributed by atoms with Crippen molar-refractivity contribution in [2.45, 2.75) is 31.4 Å². The van der Waals surface area contributed by atoms with Crippen molar-refractivity contribution in [3.63, 3.8) is 0 Å². The second kappa shape index (κ2) is 4.58. The molecule has 2 N–H and O–H groups in total. The van der Waals surface area contributed by atoms with Crippen molar-refractivity contribution in [1.82, 2.24) is 0 Å². The summed E-state index contributed by atoms with van der Waals surface area (Å²) in [5.74, 6) is 1.99. The van der Waals surface area contributed by atoms with Gasteiger partial charge in [-0.05, 0) is 12.1 Å². The number of nitrogens with two attached hydrogens (primary N) is 1. The quantitative estimate of drug-likeness (QED) is 0.801. The van der Waals surface area contributed by atoms with Crippen LogP contribution in [-0.4, -0.2) is 9.46 Å². The molecule has 0 bridgehead atoms. The van der Waals surface area contributed by atoms with Crippen molar-refractivity contribution in [2.75, 3.05) is 0 Å². The second-order valence-electron chi connectivity index (χ2n) is 3.15. The molecule has 0 aliphatic rings. The summed E-state index contributed by atoms with van der Waals surface area (Å²) in [5.41, 5.74) is 5.38. The highest BCUT2D eigenvalue weighted by atomic mass is 32.2. The van der Waals surface area contributed by atoms with E-state index >= 15 is 0 Å². The topological polar surface area (TPSA) is 56.2 Å². The van der Waals surface area contributed by atoms with Crippen LogP contribution in [0.4, 0.5) is 0 Å². The molecule has 1 aromatic heterocycles. The second-order valence-corrected chi connectivity index (χ2v) is 5.14. The van der Waals surface area contributed by atoms with Gasteiger partial charge in [-0.3, -0.25) is 4.21 Å². The molecule has 1 aromatic rings.